The molecule has 1 saturated carbocycles. The Morgan fingerprint density at radius 1 is 1.12 bits per heavy atom. The van der Waals surface area contributed by atoms with Gasteiger partial charge in [0, 0.05) is 13.2 Å². The summed E-state index contributed by atoms with van der Waals surface area (Å²) in [7, 11) is -3.06. The van der Waals surface area contributed by atoms with Crippen molar-refractivity contribution in [3.05, 3.63) is 0 Å². The first-order valence-electron chi connectivity index (χ1n) is 5.89. The molecule has 5 nitrogen and oxygen atoms in total. The van der Waals surface area contributed by atoms with Gasteiger partial charge in [0.25, 0.3) is 0 Å². The minimum atomic E-state index is -3.06. The molecule has 92 valence electrons. The van der Waals surface area contributed by atoms with Crippen LogP contribution < -0.4 is 0 Å². The van der Waals surface area contributed by atoms with Crippen molar-refractivity contribution in [2.45, 2.75) is 36.7 Å². The highest BCUT2D eigenvalue weighted by molar-refractivity contribution is 7.90. The predicted octanol–water partition coefficient (Wildman–Crippen LogP) is -0.0317. The highest BCUT2D eigenvalue weighted by Crippen LogP contribution is 2.35. The highest BCUT2D eigenvalue weighted by atomic mass is 32.2. The Morgan fingerprint density at radius 3 is 2.69 bits per heavy atom. The fraction of sp³-hybridized carbons (Fsp3) is 1.00. The molecule has 3 aliphatic rings. The van der Waals surface area contributed by atoms with Crippen molar-refractivity contribution in [2.24, 2.45) is 0 Å². The number of rotatable bonds is 2. The zero-order chi connectivity index (χ0) is 11.2. The van der Waals surface area contributed by atoms with Crippen LogP contribution >= 0.6 is 0 Å². The summed E-state index contributed by atoms with van der Waals surface area (Å²) in [4.78, 5) is 0. The van der Waals surface area contributed by atoms with Crippen LogP contribution in [0.1, 0.15) is 19.3 Å². The number of ether oxygens (including phenoxy) is 2. The van der Waals surface area contributed by atoms with E-state index in [1.807, 2.05) is 0 Å². The van der Waals surface area contributed by atoms with Crippen LogP contribution in [0, 0.1) is 0 Å². The molecule has 6 heteroatoms. The van der Waals surface area contributed by atoms with Crippen LogP contribution in [0.4, 0.5) is 0 Å². The van der Waals surface area contributed by atoms with Gasteiger partial charge in [-0.15, -0.1) is 0 Å². The van der Waals surface area contributed by atoms with Crippen molar-refractivity contribution in [3.8, 4) is 0 Å². The summed E-state index contributed by atoms with van der Waals surface area (Å²) < 4.78 is 37.1. The molecule has 0 aromatic heterocycles. The fourth-order valence-electron chi connectivity index (χ4n) is 2.52. The molecule has 2 atom stereocenters. The number of nitrogens with zero attached hydrogens (tertiary/aromatic N) is 1. The lowest BCUT2D eigenvalue weighted by atomic mass is 10.1. The largest absolute Gasteiger partial charge is 0.379 e. The molecule has 2 aliphatic heterocycles. The Morgan fingerprint density at radius 2 is 1.94 bits per heavy atom. The summed E-state index contributed by atoms with van der Waals surface area (Å²) in [5.74, 6) is 0. The highest BCUT2D eigenvalue weighted by Gasteiger charge is 2.47. The van der Waals surface area contributed by atoms with Crippen LogP contribution in [0.2, 0.25) is 0 Å². The van der Waals surface area contributed by atoms with Crippen molar-refractivity contribution in [2.75, 3.05) is 26.4 Å². The normalized spacial score (nSPS) is 37.0. The Kier molecular flexibility index (Phi) is 2.70. The average Bonchev–Trinajstić information content (AvgIpc) is 3.12. The lowest BCUT2D eigenvalue weighted by Crippen LogP contribution is -2.57. The molecule has 0 aromatic rings. The average molecular weight is 247 g/mol. The first kappa shape index (κ1) is 11.0. The van der Waals surface area contributed by atoms with Crippen molar-refractivity contribution in [3.63, 3.8) is 0 Å². The zero-order valence-electron chi connectivity index (χ0n) is 9.17. The molecule has 0 N–H and O–H groups in total. The van der Waals surface area contributed by atoms with Gasteiger partial charge < -0.3 is 9.47 Å². The van der Waals surface area contributed by atoms with Crippen molar-refractivity contribution < 1.29 is 17.9 Å². The van der Waals surface area contributed by atoms with E-state index in [0.29, 0.717) is 26.4 Å². The molecule has 0 bridgehead atoms. The molecule has 0 spiro atoms. The van der Waals surface area contributed by atoms with Crippen molar-refractivity contribution in [1.29, 1.82) is 0 Å². The van der Waals surface area contributed by atoms with E-state index in [4.69, 9.17) is 9.47 Å². The molecular weight excluding hydrogens is 230 g/mol. The summed E-state index contributed by atoms with van der Waals surface area (Å²) in [6, 6.07) is 0.00750. The van der Waals surface area contributed by atoms with E-state index < -0.39 is 10.0 Å². The van der Waals surface area contributed by atoms with Gasteiger partial charge in [-0.05, 0) is 19.3 Å². The van der Waals surface area contributed by atoms with Crippen molar-refractivity contribution >= 4 is 10.0 Å². The van der Waals surface area contributed by atoms with Gasteiger partial charge in [0.05, 0.1) is 30.6 Å². The Balaban J connectivity index is 1.82. The summed E-state index contributed by atoms with van der Waals surface area (Å²) >= 11 is 0. The molecule has 0 unspecified atom stereocenters. The third kappa shape index (κ3) is 1.77. The zero-order valence-corrected chi connectivity index (χ0v) is 9.99. The minimum Gasteiger partial charge on any atom is -0.379 e. The van der Waals surface area contributed by atoms with Gasteiger partial charge in [0.2, 0.25) is 10.0 Å². The molecule has 3 rings (SSSR count). The molecule has 2 saturated heterocycles. The molecule has 1 aliphatic carbocycles. The predicted molar refractivity (Wildman–Crippen MR) is 57.6 cm³/mol. The maximum absolute atomic E-state index is 12.2. The second-order valence-corrected chi connectivity index (χ2v) is 6.86. The van der Waals surface area contributed by atoms with Crippen LogP contribution in [0.5, 0.6) is 0 Å². The smallest absolute Gasteiger partial charge is 0.217 e. The minimum absolute atomic E-state index is 0.00750. The van der Waals surface area contributed by atoms with Crippen LogP contribution in [-0.4, -0.2) is 56.5 Å². The molecule has 0 amide bonds. The van der Waals surface area contributed by atoms with Gasteiger partial charge >= 0.3 is 0 Å². The van der Waals surface area contributed by atoms with E-state index in [-0.39, 0.29) is 17.4 Å². The van der Waals surface area contributed by atoms with Crippen LogP contribution in [-0.2, 0) is 19.5 Å². The van der Waals surface area contributed by atoms with E-state index in [1.165, 1.54) is 0 Å². The first-order chi connectivity index (χ1) is 7.69. The fourth-order valence-corrected chi connectivity index (χ4v) is 4.58. The lowest BCUT2D eigenvalue weighted by molar-refractivity contribution is -0.114. The maximum atomic E-state index is 12.2. The molecule has 0 aromatic carbocycles. The number of fused-ring (bicyclic) bond motifs is 1. The SMILES string of the molecule is O=S(=O)(C1CC1)N1CCO[C@H]2COCC[C@H]21. The Bertz CT molecular complexity index is 363. The van der Waals surface area contributed by atoms with E-state index >= 15 is 0 Å². The summed E-state index contributed by atoms with van der Waals surface area (Å²) in [5, 5.41) is -0.117. The number of morpholine rings is 1. The molecular formula is C10H17NO4S. The van der Waals surface area contributed by atoms with E-state index in [1.54, 1.807) is 4.31 Å². The Labute approximate surface area is 95.8 Å². The second kappa shape index (κ2) is 3.94. The number of hydrogen-bond acceptors (Lipinski definition) is 4. The van der Waals surface area contributed by atoms with Crippen LogP contribution in [0.3, 0.4) is 0 Å². The van der Waals surface area contributed by atoms with E-state index in [2.05, 4.69) is 0 Å². The van der Waals surface area contributed by atoms with E-state index in [9.17, 15) is 8.42 Å². The number of hydrogen-bond donors (Lipinski definition) is 0. The first-order valence-corrected chi connectivity index (χ1v) is 7.40. The lowest BCUT2D eigenvalue weighted by Gasteiger charge is -2.42. The molecule has 16 heavy (non-hydrogen) atoms. The molecule has 3 fully saturated rings. The maximum Gasteiger partial charge on any atom is 0.217 e. The van der Waals surface area contributed by atoms with Gasteiger partial charge in [0.1, 0.15) is 0 Å². The van der Waals surface area contributed by atoms with Gasteiger partial charge in [-0.3, -0.25) is 0 Å². The van der Waals surface area contributed by atoms with Crippen LogP contribution in [0.15, 0.2) is 0 Å². The van der Waals surface area contributed by atoms with Crippen LogP contribution in [0.25, 0.3) is 0 Å². The standard InChI is InChI=1S/C10H17NO4S/c12-16(13,8-1-2-8)11-4-6-15-10-7-14-5-3-9(10)11/h8-10H,1-7H2/t9-,10+/m1/s1. The monoisotopic (exact) mass is 247 g/mol. The van der Waals surface area contributed by atoms with Gasteiger partial charge in [0.15, 0.2) is 0 Å². The number of sulfonamides is 1. The molecule has 0 radical (unpaired) electrons. The van der Waals surface area contributed by atoms with E-state index in [0.717, 1.165) is 19.3 Å². The Hall–Kier alpha value is -0.170. The summed E-state index contributed by atoms with van der Waals surface area (Å²) in [6.45, 7) is 2.18. The molecule has 2 heterocycles. The van der Waals surface area contributed by atoms with Gasteiger partial charge in [-0.1, -0.05) is 0 Å². The third-order valence-electron chi connectivity index (χ3n) is 3.56. The summed E-state index contributed by atoms with van der Waals surface area (Å²) in [6.07, 6.45) is 2.36. The third-order valence-corrected chi connectivity index (χ3v) is 5.98. The second-order valence-electron chi connectivity index (χ2n) is 4.70. The topological polar surface area (TPSA) is 55.8 Å². The van der Waals surface area contributed by atoms with Gasteiger partial charge in [-0.25, -0.2) is 8.42 Å². The van der Waals surface area contributed by atoms with Crippen molar-refractivity contribution in [1.82, 2.24) is 4.31 Å². The van der Waals surface area contributed by atoms with Gasteiger partial charge in [-0.2, -0.15) is 4.31 Å². The quantitative estimate of drug-likeness (QED) is 0.687. The summed E-state index contributed by atoms with van der Waals surface area (Å²) in [5.41, 5.74) is 0.